The van der Waals surface area contributed by atoms with Crippen molar-refractivity contribution in [3.05, 3.63) is 23.7 Å². The van der Waals surface area contributed by atoms with Crippen molar-refractivity contribution in [1.29, 1.82) is 0 Å². The van der Waals surface area contributed by atoms with Crippen molar-refractivity contribution in [2.75, 3.05) is 12.8 Å². The molecule has 0 aliphatic heterocycles. The molecule has 1 heterocycles. The lowest BCUT2D eigenvalue weighted by Gasteiger charge is -2.07. The van der Waals surface area contributed by atoms with Gasteiger partial charge in [-0.3, -0.25) is 0 Å². The molecule has 0 aliphatic carbocycles. The van der Waals surface area contributed by atoms with E-state index < -0.39 is 5.97 Å². The summed E-state index contributed by atoms with van der Waals surface area (Å²) in [5, 5.41) is 0. The van der Waals surface area contributed by atoms with Crippen molar-refractivity contribution in [3.63, 3.8) is 0 Å². The van der Waals surface area contributed by atoms with Crippen molar-refractivity contribution >= 4 is 11.8 Å². The minimum atomic E-state index is -0.507. The molecule has 0 atom stereocenters. The summed E-state index contributed by atoms with van der Waals surface area (Å²) in [6.45, 7) is 8.24. The highest BCUT2D eigenvalue weighted by molar-refractivity contribution is 5.92. The molecule has 0 unspecified atom stereocenters. The van der Waals surface area contributed by atoms with Crippen molar-refractivity contribution in [2.24, 2.45) is 0 Å². The molecule has 5 heteroatoms. The first-order valence-electron chi connectivity index (χ1n) is 5.08. The number of carbonyl (C=O) groups excluding carboxylic acids is 1. The number of aromatic nitrogens is 2. The summed E-state index contributed by atoms with van der Waals surface area (Å²) in [7, 11) is 1.31. The summed E-state index contributed by atoms with van der Waals surface area (Å²) in [5.41, 5.74) is 7.00. The molecule has 0 fully saturated rings. The van der Waals surface area contributed by atoms with Gasteiger partial charge in [0.2, 0.25) is 0 Å². The molecule has 5 nitrogen and oxygen atoms in total. The van der Waals surface area contributed by atoms with Crippen molar-refractivity contribution < 1.29 is 9.53 Å². The molecule has 2 N–H and O–H groups in total. The van der Waals surface area contributed by atoms with Crippen LogP contribution in [0.15, 0.2) is 12.2 Å². The number of nitrogen functional groups attached to an aromatic ring is 1. The van der Waals surface area contributed by atoms with Gasteiger partial charge in [0.1, 0.15) is 11.6 Å². The highest BCUT2D eigenvalue weighted by Crippen LogP contribution is 2.17. The van der Waals surface area contributed by atoms with E-state index in [0.29, 0.717) is 18.8 Å². The van der Waals surface area contributed by atoms with Gasteiger partial charge in [-0.15, -0.1) is 0 Å². The van der Waals surface area contributed by atoms with Crippen LogP contribution in [0, 0.1) is 0 Å². The molecule has 0 radical (unpaired) electrons. The number of ether oxygens (including phenoxy) is 1. The van der Waals surface area contributed by atoms with Crippen LogP contribution >= 0.6 is 0 Å². The van der Waals surface area contributed by atoms with Gasteiger partial charge in [0.25, 0.3) is 0 Å². The van der Waals surface area contributed by atoms with Gasteiger partial charge < -0.3 is 15.0 Å². The topological polar surface area (TPSA) is 70.1 Å². The summed E-state index contributed by atoms with van der Waals surface area (Å²) in [4.78, 5) is 15.6. The highest BCUT2D eigenvalue weighted by Gasteiger charge is 2.19. The number of nitrogens with zero attached hydrogens (tertiary/aromatic N) is 2. The Morgan fingerprint density at radius 2 is 2.25 bits per heavy atom. The smallest absolute Gasteiger partial charge is 0.360 e. The molecular weight excluding hydrogens is 206 g/mol. The summed E-state index contributed by atoms with van der Waals surface area (Å²) in [5.74, 6) is 0.597. The normalized spacial score (nSPS) is 10.2. The van der Waals surface area contributed by atoms with Gasteiger partial charge in [0.05, 0.1) is 7.11 Å². The number of aryl methyl sites for hydroxylation is 1. The highest BCUT2D eigenvalue weighted by atomic mass is 16.5. The maximum absolute atomic E-state index is 11.4. The summed E-state index contributed by atoms with van der Waals surface area (Å²) in [6, 6.07) is 0. The molecule has 1 aromatic rings. The standard InChI is InChI=1S/C11H17N3O2/c1-5-8-13-9(11(15)16-4)10(12)14(8)6-7(2)3/h2,5-6,12H2,1,3-4H3. The van der Waals surface area contributed by atoms with Crippen LogP contribution < -0.4 is 5.73 Å². The summed E-state index contributed by atoms with van der Waals surface area (Å²) >= 11 is 0. The SMILES string of the molecule is C=C(C)Cn1c(CC)nc(C(=O)OC)c1N. The molecular formula is C11H17N3O2. The number of esters is 1. The first kappa shape index (κ1) is 12.3. The van der Waals surface area contributed by atoms with Gasteiger partial charge in [-0.25, -0.2) is 9.78 Å². The van der Waals surface area contributed by atoms with Gasteiger partial charge in [0.15, 0.2) is 5.69 Å². The fourth-order valence-electron chi connectivity index (χ4n) is 1.48. The van der Waals surface area contributed by atoms with Gasteiger partial charge in [0, 0.05) is 13.0 Å². The van der Waals surface area contributed by atoms with Crippen molar-refractivity contribution in [2.45, 2.75) is 26.8 Å². The Labute approximate surface area is 94.9 Å². The van der Waals surface area contributed by atoms with E-state index in [9.17, 15) is 4.79 Å². The van der Waals surface area contributed by atoms with Gasteiger partial charge in [-0.1, -0.05) is 19.1 Å². The maximum Gasteiger partial charge on any atom is 0.360 e. The van der Waals surface area contributed by atoms with E-state index in [1.54, 1.807) is 4.57 Å². The quantitative estimate of drug-likeness (QED) is 0.618. The van der Waals surface area contributed by atoms with Crippen molar-refractivity contribution in [1.82, 2.24) is 9.55 Å². The predicted molar refractivity (Wildman–Crippen MR) is 62.2 cm³/mol. The Kier molecular flexibility index (Phi) is 3.71. The number of nitrogens with two attached hydrogens (primary N) is 1. The van der Waals surface area contributed by atoms with Crippen LogP contribution in [0.1, 0.15) is 30.2 Å². The first-order valence-corrected chi connectivity index (χ1v) is 5.08. The number of anilines is 1. The van der Waals surface area contributed by atoms with Crippen molar-refractivity contribution in [3.8, 4) is 0 Å². The third kappa shape index (κ3) is 2.24. The monoisotopic (exact) mass is 223 g/mol. The van der Waals surface area contributed by atoms with Crippen LogP contribution in [0.5, 0.6) is 0 Å². The molecule has 1 rings (SSSR count). The Balaban J connectivity index is 3.20. The van der Waals surface area contributed by atoms with Crippen LogP contribution in [0.4, 0.5) is 5.82 Å². The minimum Gasteiger partial charge on any atom is -0.464 e. The van der Waals surface area contributed by atoms with E-state index in [1.165, 1.54) is 7.11 Å². The molecule has 0 amide bonds. The molecule has 0 saturated carbocycles. The number of hydrogen-bond acceptors (Lipinski definition) is 4. The molecule has 16 heavy (non-hydrogen) atoms. The lowest BCUT2D eigenvalue weighted by atomic mass is 10.3. The zero-order valence-corrected chi connectivity index (χ0v) is 9.91. The molecule has 0 saturated heterocycles. The van der Waals surface area contributed by atoms with E-state index in [-0.39, 0.29) is 5.69 Å². The fourth-order valence-corrected chi connectivity index (χ4v) is 1.48. The molecule has 0 aliphatic rings. The molecule has 88 valence electrons. The Hall–Kier alpha value is -1.78. The maximum atomic E-state index is 11.4. The predicted octanol–water partition coefficient (Wildman–Crippen LogP) is 1.39. The second-order valence-corrected chi connectivity index (χ2v) is 3.65. The lowest BCUT2D eigenvalue weighted by molar-refractivity contribution is 0.0595. The van der Waals surface area contributed by atoms with E-state index in [0.717, 1.165) is 11.4 Å². The average molecular weight is 223 g/mol. The van der Waals surface area contributed by atoms with E-state index in [1.807, 2.05) is 13.8 Å². The van der Waals surface area contributed by atoms with Crippen LogP contribution in [0.25, 0.3) is 0 Å². The Morgan fingerprint density at radius 1 is 1.62 bits per heavy atom. The molecule has 1 aromatic heterocycles. The van der Waals surface area contributed by atoms with Crippen LogP contribution in [0.3, 0.4) is 0 Å². The number of methoxy groups -OCH3 is 1. The summed E-state index contributed by atoms with van der Waals surface area (Å²) in [6.07, 6.45) is 0.703. The number of carbonyl (C=O) groups is 1. The average Bonchev–Trinajstić information content (AvgIpc) is 2.55. The van der Waals surface area contributed by atoms with Gasteiger partial charge in [-0.2, -0.15) is 0 Å². The number of rotatable bonds is 4. The van der Waals surface area contributed by atoms with Crippen LogP contribution in [-0.4, -0.2) is 22.6 Å². The zero-order valence-electron chi connectivity index (χ0n) is 9.91. The first-order chi connectivity index (χ1) is 7.51. The number of imidazole rings is 1. The van der Waals surface area contributed by atoms with Gasteiger partial charge in [-0.05, 0) is 6.92 Å². The largest absolute Gasteiger partial charge is 0.464 e. The number of allylic oxidation sites excluding steroid dienone is 1. The third-order valence-corrected chi connectivity index (χ3v) is 2.21. The van der Waals surface area contributed by atoms with Crippen LogP contribution in [0.2, 0.25) is 0 Å². The third-order valence-electron chi connectivity index (χ3n) is 2.21. The van der Waals surface area contributed by atoms with Gasteiger partial charge >= 0.3 is 5.97 Å². The molecule has 0 aromatic carbocycles. The Bertz CT molecular complexity index is 421. The Morgan fingerprint density at radius 3 is 2.69 bits per heavy atom. The number of hydrogen-bond donors (Lipinski definition) is 1. The van der Waals surface area contributed by atoms with E-state index in [2.05, 4.69) is 16.3 Å². The van der Waals surface area contributed by atoms with E-state index >= 15 is 0 Å². The molecule has 0 bridgehead atoms. The van der Waals surface area contributed by atoms with Crippen LogP contribution in [-0.2, 0) is 17.7 Å². The van der Waals surface area contributed by atoms with E-state index in [4.69, 9.17) is 5.73 Å². The lowest BCUT2D eigenvalue weighted by Crippen LogP contribution is -2.09. The minimum absolute atomic E-state index is 0.181. The zero-order chi connectivity index (χ0) is 12.3. The second-order valence-electron chi connectivity index (χ2n) is 3.65. The fraction of sp³-hybridized carbons (Fsp3) is 0.455. The molecule has 0 spiro atoms. The summed E-state index contributed by atoms with van der Waals surface area (Å²) < 4.78 is 6.40. The second kappa shape index (κ2) is 4.83.